The van der Waals surface area contributed by atoms with Crippen molar-refractivity contribution >= 4 is 14.2 Å². The monoisotopic (exact) mass is 483 g/mol. The molecule has 1 aromatic heterocycles. The molecule has 1 aliphatic rings. The van der Waals surface area contributed by atoms with Gasteiger partial charge in [0.1, 0.15) is 18.2 Å². The van der Waals surface area contributed by atoms with Crippen LogP contribution >= 0.6 is 0 Å². The number of aromatic nitrogens is 2. The largest absolute Gasteiger partial charge is 0.444 e. The van der Waals surface area contributed by atoms with E-state index in [9.17, 15) is 4.79 Å². The SMILES string of the molecule is CC(C)(C)OC(=O)NC1CC=CCCCc2ccccc2-c2cn(COCC[Si](C)(C)C)c1n2. The van der Waals surface area contributed by atoms with Crippen LogP contribution in [0.25, 0.3) is 11.3 Å². The summed E-state index contributed by atoms with van der Waals surface area (Å²) in [6.07, 6.45) is 9.70. The van der Waals surface area contributed by atoms with Crippen LogP contribution in [0.4, 0.5) is 4.79 Å². The lowest BCUT2D eigenvalue weighted by Gasteiger charge is -2.23. The molecule has 0 fully saturated rings. The van der Waals surface area contributed by atoms with Gasteiger partial charge in [0.15, 0.2) is 0 Å². The molecule has 2 heterocycles. The molecule has 0 radical (unpaired) electrons. The number of ether oxygens (including phenoxy) is 2. The Morgan fingerprint density at radius 1 is 1.21 bits per heavy atom. The van der Waals surface area contributed by atoms with Crippen LogP contribution in [-0.4, -0.2) is 35.9 Å². The molecule has 0 saturated heterocycles. The number of carbonyl (C=O) groups is 1. The molecule has 0 aliphatic carbocycles. The van der Waals surface area contributed by atoms with E-state index in [1.165, 1.54) is 5.56 Å². The topological polar surface area (TPSA) is 65.4 Å². The van der Waals surface area contributed by atoms with E-state index in [0.29, 0.717) is 13.2 Å². The maximum atomic E-state index is 12.7. The number of hydrogen-bond acceptors (Lipinski definition) is 4. The number of carbonyl (C=O) groups excluding carboxylic acids is 1. The summed E-state index contributed by atoms with van der Waals surface area (Å²) in [4.78, 5) is 17.7. The summed E-state index contributed by atoms with van der Waals surface area (Å²) in [6.45, 7) is 13.8. The molecule has 0 spiro atoms. The van der Waals surface area contributed by atoms with E-state index in [1.807, 2.05) is 25.3 Å². The highest BCUT2D eigenvalue weighted by Gasteiger charge is 2.25. The first-order valence-electron chi connectivity index (χ1n) is 12.4. The third-order valence-electron chi connectivity index (χ3n) is 5.69. The molecular formula is C27H41N3O3Si. The lowest BCUT2D eigenvalue weighted by molar-refractivity contribution is 0.0492. The predicted octanol–water partition coefficient (Wildman–Crippen LogP) is 6.71. The molecular weight excluding hydrogens is 442 g/mol. The third-order valence-corrected chi connectivity index (χ3v) is 7.39. The molecule has 1 atom stereocenters. The zero-order valence-corrected chi connectivity index (χ0v) is 22.7. The zero-order chi connectivity index (χ0) is 24.8. The zero-order valence-electron chi connectivity index (χ0n) is 21.7. The molecule has 1 amide bonds. The molecule has 2 bridgehead atoms. The predicted molar refractivity (Wildman–Crippen MR) is 141 cm³/mol. The van der Waals surface area contributed by atoms with Crippen LogP contribution in [0.3, 0.4) is 0 Å². The first kappa shape index (κ1) is 26.2. The molecule has 7 heteroatoms. The second-order valence-corrected chi connectivity index (χ2v) is 16.9. The van der Waals surface area contributed by atoms with Gasteiger partial charge in [-0.15, -0.1) is 0 Å². The van der Waals surface area contributed by atoms with E-state index in [1.54, 1.807) is 0 Å². The molecule has 0 saturated carbocycles. The number of allylic oxidation sites excluding steroid dienone is 1. The van der Waals surface area contributed by atoms with Crippen LogP contribution in [-0.2, 0) is 22.6 Å². The molecule has 1 aromatic carbocycles. The number of benzene rings is 1. The fourth-order valence-electron chi connectivity index (χ4n) is 3.91. The van der Waals surface area contributed by atoms with Crippen molar-refractivity contribution in [3.8, 4) is 11.3 Å². The molecule has 186 valence electrons. The molecule has 1 unspecified atom stereocenters. The smallest absolute Gasteiger partial charge is 0.408 e. The van der Waals surface area contributed by atoms with Crippen LogP contribution in [0.1, 0.15) is 57.5 Å². The fourth-order valence-corrected chi connectivity index (χ4v) is 4.67. The van der Waals surface area contributed by atoms with Gasteiger partial charge < -0.3 is 19.4 Å². The fraction of sp³-hybridized carbons (Fsp3) is 0.556. The Balaban J connectivity index is 1.94. The normalized spacial score (nSPS) is 16.8. The van der Waals surface area contributed by atoms with Gasteiger partial charge in [-0.05, 0) is 58.1 Å². The summed E-state index contributed by atoms with van der Waals surface area (Å²) in [7, 11) is -1.18. The van der Waals surface area contributed by atoms with Crippen LogP contribution in [0.15, 0.2) is 42.6 Å². The van der Waals surface area contributed by atoms with Gasteiger partial charge >= 0.3 is 6.09 Å². The van der Waals surface area contributed by atoms with Crippen LogP contribution < -0.4 is 5.32 Å². The quantitative estimate of drug-likeness (QED) is 0.282. The summed E-state index contributed by atoms with van der Waals surface area (Å²) in [5.74, 6) is 0.786. The minimum atomic E-state index is -1.18. The van der Waals surface area contributed by atoms with Crippen molar-refractivity contribution in [2.45, 2.75) is 90.5 Å². The molecule has 1 aliphatic heterocycles. The van der Waals surface area contributed by atoms with Crippen molar-refractivity contribution in [2.75, 3.05) is 6.61 Å². The lowest BCUT2D eigenvalue weighted by Crippen LogP contribution is -2.36. The Labute approximate surface area is 205 Å². The van der Waals surface area contributed by atoms with Crippen molar-refractivity contribution in [3.63, 3.8) is 0 Å². The molecule has 6 nitrogen and oxygen atoms in total. The molecule has 3 rings (SSSR count). The molecule has 34 heavy (non-hydrogen) atoms. The average molecular weight is 484 g/mol. The average Bonchev–Trinajstić information content (AvgIpc) is 3.14. The number of fused-ring (bicyclic) bond motifs is 4. The second-order valence-electron chi connectivity index (χ2n) is 11.3. The standard InChI is InChI=1S/C27H41N3O3Si/c1-27(2,3)33-26(31)29-23-16-10-8-7-9-13-21-14-11-12-15-22(21)24-19-30(25(23)28-24)20-32-17-18-34(4,5)6/h8,10-12,14-15,19,23H,7,9,13,16-18,20H2,1-6H3,(H,29,31). The highest BCUT2D eigenvalue weighted by Crippen LogP contribution is 2.28. The molecule has 1 N–H and O–H groups in total. The van der Waals surface area contributed by atoms with E-state index in [2.05, 4.69) is 67.6 Å². The van der Waals surface area contributed by atoms with Gasteiger partial charge in [0.2, 0.25) is 0 Å². The van der Waals surface area contributed by atoms with Crippen molar-refractivity contribution in [1.29, 1.82) is 0 Å². The van der Waals surface area contributed by atoms with Crippen molar-refractivity contribution < 1.29 is 14.3 Å². The summed E-state index contributed by atoms with van der Waals surface area (Å²) in [6, 6.07) is 9.26. The summed E-state index contributed by atoms with van der Waals surface area (Å²) < 4.78 is 13.7. The van der Waals surface area contributed by atoms with Gasteiger partial charge in [0, 0.05) is 26.4 Å². The van der Waals surface area contributed by atoms with Gasteiger partial charge in [-0.3, -0.25) is 0 Å². The van der Waals surface area contributed by atoms with Gasteiger partial charge in [-0.1, -0.05) is 56.1 Å². The van der Waals surface area contributed by atoms with Gasteiger partial charge in [0.05, 0.1) is 11.7 Å². The minimum Gasteiger partial charge on any atom is -0.444 e. The number of imidazole rings is 1. The highest BCUT2D eigenvalue weighted by atomic mass is 28.3. The van der Waals surface area contributed by atoms with Gasteiger partial charge in [0.25, 0.3) is 0 Å². The van der Waals surface area contributed by atoms with E-state index < -0.39 is 19.8 Å². The summed E-state index contributed by atoms with van der Waals surface area (Å²) in [5, 5.41) is 3.06. The van der Waals surface area contributed by atoms with Crippen molar-refractivity contribution in [2.24, 2.45) is 0 Å². The Morgan fingerprint density at radius 3 is 2.71 bits per heavy atom. The number of rotatable bonds is 6. The Bertz CT molecular complexity index is 986. The summed E-state index contributed by atoms with van der Waals surface area (Å²) in [5.41, 5.74) is 2.79. The van der Waals surface area contributed by atoms with Crippen LogP contribution in [0.2, 0.25) is 25.7 Å². The number of nitrogens with one attached hydrogen (secondary N) is 1. The highest BCUT2D eigenvalue weighted by molar-refractivity contribution is 6.76. The van der Waals surface area contributed by atoms with E-state index >= 15 is 0 Å². The maximum Gasteiger partial charge on any atom is 0.408 e. The first-order chi connectivity index (χ1) is 16.0. The summed E-state index contributed by atoms with van der Waals surface area (Å²) >= 11 is 0. The Morgan fingerprint density at radius 2 is 1.97 bits per heavy atom. The third kappa shape index (κ3) is 8.13. The van der Waals surface area contributed by atoms with E-state index in [-0.39, 0.29) is 6.04 Å². The van der Waals surface area contributed by atoms with Crippen LogP contribution in [0.5, 0.6) is 0 Å². The van der Waals surface area contributed by atoms with Crippen LogP contribution in [0, 0.1) is 0 Å². The maximum absolute atomic E-state index is 12.7. The number of aryl methyl sites for hydroxylation is 1. The van der Waals surface area contributed by atoms with E-state index in [4.69, 9.17) is 14.5 Å². The van der Waals surface area contributed by atoms with E-state index in [0.717, 1.165) is 49.0 Å². The first-order valence-corrected chi connectivity index (χ1v) is 16.1. The number of hydrogen-bond donors (Lipinski definition) is 1. The number of amides is 1. The number of alkyl carbamates (subject to hydrolysis) is 1. The lowest BCUT2D eigenvalue weighted by atomic mass is 9.99. The Hall–Kier alpha value is -2.38. The van der Waals surface area contributed by atoms with Crippen molar-refractivity contribution in [1.82, 2.24) is 14.9 Å². The van der Waals surface area contributed by atoms with Crippen molar-refractivity contribution in [3.05, 3.63) is 54.0 Å². The number of nitrogens with zero attached hydrogens (tertiary/aromatic N) is 2. The van der Waals surface area contributed by atoms with Gasteiger partial charge in [-0.25, -0.2) is 9.78 Å². The minimum absolute atomic E-state index is 0.313. The molecule has 2 aromatic rings. The second kappa shape index (κ2) is 11.4. The Kier molecular flexibility index (Phi) is 8.76. The van der Waals surface area contributed by atoms with Gasteiger partial charge in [-0.2, -0.15) is 0 Å².